The van der Waals surface area contributed by atoms with Gasteiger partial charge in [-0.05, 0) is 58.6 Å². The minimum Gasteiger partial charge on any atom is -0.444 e. The van der Waals surface area contributed by atoms with Gasteiger partial charge in [-0.1, -0.05) is 18.5 Å². The summed E-state index contributed by atoms with van der Waals surface area (Å²) in [5, 5.41) is 8.20. The molecule has 1 N–H and O–H groups in total. The highest BCUT2D eigenvalue weighted by Gasteiger charge is 2.38. The van der Waals surface area contributed by atoms with Crippen molar-refractivity contribution >= 4 is 40.8 Å². The Bertz CT molecular complexity index is 1050. The van der Waals surface area contributed by atoms with Crippen molar-refractivity contribution in [1.29, 1.82) is 0 Å². The first kappa shape index (κ1) is 26.0. The number of anilines is 1. The number of carbonyl (C=O) groups is 2. The van der Waals surface area contributed by atoms with E-state index in [2.05, 4.69) is 5.32 Å². The lowest BCUT2D eigenvalue weighted by atomic mass is 9.81. The SMILES string of the molecule is CC(C)(C)OC(=O)N1CCCC(c2cc(NCc3ccc(Cl)s3)n(C(=O)C3(C)CCOCC3)n2)C1. The molecule has 1 atom stereocenters. The van der Waals surface area contributed by atoms with Gasteiger partial charge in [-0.15, -0.1) is 11.3 Å². The van der Waals surface area contributed by atoms with Crippen LogP contribution < -0.4 is 5.32 Å². The summed E-state index contributed by atoms with van der Waals surface area (Å²) < 4.78 is 13.3. The van der Waals surface area contributed by atoms with Crippen LogP contribution in [0.4, 0.5) is 10.6 Å². The van der Waals surface area contributed by atoms with E-state index in [0.29, 0.717) is 51.5 Å². The molecule has 4 rings (SSSR count). The van der Waals surface area contributed by atoms with Crippen molar-refractivity contribution in [1.82, 2.24) is 14.7 Å². The molecule has 2 saturated heterocycles. The summed E-state index contributed by atoms with van der Waals surface area (Å²) in [4.78, 5) is 29.2. The molecule has 4 heterocycles. The minimum absolute atomic E-state index is 0.0291. The van der Waals surface area contributed by atoms with Crippen LogP contribution in [0.25, 0.3) is 0 Å². The van der Waals surface area contributed by atoms with E-state index in [1.807, 2.05) is 45.9 Å². The lowest BCUT2D eigenvalue weighted by Gasteiger charge is -2.33. The molecule has 0 saturated carbocycles. The third kappa shape index (κ3) is 6.37. The van der Waals surface area contributed by atoms with Gasteiger partial charge in [-0.2, -0.15) is 9.78 Å². The molecule has 2 aromatic rings. The van der Waals surface area contributed by atoms with E-state index in [1.54, 1.807) is 4.90 Å². The average Bonchev–Trinajstić information content (AvgIpc) is 3.42. The summed E-state index contributed by atoms with van der Waals surface area (Å²) in [7, 11) is 0. The molecule has 2 aliphatic rings. The number of halogens is 1. The highest BCUT2D eigenvalue weighted by atomic mass is 35.5. The number of piperidine rings is 1. The van der Waals surface area contributed by atoms with Crippen LogP contribution in [-0.2, 0) is 16.0 Å². The van der Waals surface area contributed by atoms with Crippen molar-refractivity contribution < 1.29 is 19.1 Å². The summed E-state index contributed by atoms with van der Waals surface area (Å²) in [6.07, 6.45) is 2.78. The predicted molar refractivity (Wildman–Crippen MR) is 137 cm³/mol. The maximum atomic E-state index is 13.7. The van der Waals surface area contributed by atoms with Gasteiger partial charge in [0.2, 0.25) is 0 Å². The van der Waals surface area contributed by atoms with Crippen LogP contribution >= 0.6 is 22.9 Å². The van der Waals surface area contributed by atoms with Gasteiger partial charge in [0.25, 0.3) is 5.91 Å². The fourth-order valence-corrected chi connectivity index (χ4v) is 5.53. The van der Waals surface area contributed by atoms with Crippen LogP contribution in [0.15, 0.2) is 18.2 Å². The molecular formula is C25H35ClN4O4S. The zero-order chi connectivity index (χ0) is 25.2. The van der Waals surface area contributed by atoms with Crippen molar-refractivity contribution in [2.24, 2.45) is 5.41 Å². The van der Waals surface area contributed by atoms with E-state index >= 15 is 0 Å². The number of carbonyl (C=O) groups excluding carboxylic acids is 2. The minimum atomic E-state index is -0.543. The van der Waals surface area contributed by atoms with E-state index in [4.69, 9.17) is 26.2 Å². The maximum Gasteiger partial charge on any atom is 0.410 e. The summed E-state index contributed by atoms with van der Waals surface area (Å²) in [6, 6.07) is 5.80. The average molecular weight is 523 g/mol. The summed E-state index contributed by atoms with van der Waals surface area (Å²) >= 11 is 7.60. The first-order chi connectivity index (χ1) is 16.5. The van der Waals surface area contributed by atoms with Gasteiger partial charge >= 0.3 is 6.09 Å². The Morgan fingerprint density at radius 2 is 2.06 bits per heavy atom. The summed E-state index contributed by atoms with van der Waals surface area (Å²) in [6.45, 7) is 10.5. The van der Waals surface area contributed by atoms with Crippen molar-refractivity contribution in [3.05, 3.63) is 33.1 Å². The highest BCUT2D eigenvalue weighted by molar-refractivity contribution is 7.16. The van der Waals surface area contributed by atoms with Crippen LogP contribution in [0, 0.1) is 5.41 Å². The number of rotatable bonds is 5. The Hall–Kier alpha value is -2.10. The molecule has 2 aromatic heterocycles. The Kier molecular flexibility index (Phi) is 7.78. The van der Waals surface area contributed by atoms with E-state index in [0.717, 1.165) is 27.7 Å². The first-order valence-electron chi connectivity index (χ1n) is 12.2. The molecule has 1 amide bonds. The second-order valence-electron chi connectivity index (χ2n) is 10.7. The van der Waals surface area contributed by atoms with Crippen LogP contribution in [0.1, 0.15) is 74.7 Å². The Morgan fingerprint density at radius 3 is 2.71 bits per heavy atom. The predicted octanol–water partition coefficient (Wildman–Crippen LogP) is 5.78. The normalized spacial score (nSPS) is 20.5. The number of thiophene rings is 1. The van der Waals surface area contributed by atoms with E-state index in [1.165, 1.54) is 16.0 Å². The largest absolute Gasteiger partial charge is 0.444 e. The number of hydrogen-bond acceptors (Lipinski definition) is 7. The Balaban J connectivity index is 1.57. The smallest absolute Gasteiger partial charge is 0.410 e. The molecule has 10 heteroatoms. The van der Waals surface area contributed by atoms with E-state index in [9.17, 15) is 9.59 Å². The van der Waals surface area contributed by atoms with E-state index in [-0.39, 0.29) is 17.9 Å². The molecular weight excluding hydrogens is 488 g/mol. The van der Waals surface area contributed by atoms with Crippen LogP contribution in [-0.4, -0.2) is 58.6 Å². The van der Waals surface area contributed by atoms with Crippen molar-refractivity contribution in [2.45, 2.75) is 71.4 Å². The maximum absolute atomic E-state index is 13.7. The number of likely N-dealkylation sites (tertiary alicyclic amines) is 1. The lowest BCUT2D eigenvalue weighted by molar-refractivity contribution is 0.0165. The third-order valence-corrected chi connectivity index (χ3v) is 7.83. The Morgan fingerprint density at radius 1 is 1.31 bits per heavy atom. The molecule has 2 fully saturated rings. The highest BCUT2D eigenvalue weighted by Crippen LogP contribution is 2.35. The quantitative estimate of drug-likeness (QED) is 0.535. The number of amides is 1. The fraction of sp³-hybridized carbons (Fsp3) is 0.640. The Labute approximate surface area is 215 Å². The molecule has 192 valence electrons. The molecule has 0 aliphatic carbocycles. The molecule has 2 aliphatic heterocycles. The summed E-state index contributed by atoms with van der Waals surface area (Å²) in [5.74, 6) is 0.666. The standard InChI is InChI=1S/C25H35ClN4O4S/c1-24(2,3)34-23(32)29-11-5-6-17(16-29)19-14-21(27-15-18-7-8-20(26)35-18)30(28-19)22(31)25(4)9-12-33-13-10-25/h7-8,14,17,27H,5-6,9-13,15-16H2,1-4H3. The van der Waals surface area contributed by atoms with Crippen LogP contribution in [0.3, 0.4) is 0 Å². The van der Waals surface area contributed by atoms with Gasteiger partial charge in [0.05, 0.1) is 22.0 Å². The fourth-order valence-electron chi connectivity index (χ4n) is 4.51. The van der Waals surface area contributed by atoms with Gasteiger partial charge < -0.3 is 19.7 Å². The van der Waals surface area contributed by atoms with Gasteiger partial charge in [0.1, 0.15) is 11.4 Å². The molecule has 0 radical (unpaired) electrons. The van der Waals surface area contributed by atoms with Crippen molar-refractivity contribution in [3.8, 4) is 0 Å². The van der Waals surface area contributed by atoms with Crippen molar-refractivity contribution in [2.75, 3.05) is 31.6 Å². The van der Waals surface area contributed by atoms with Gasteiger partial charge in [0.15, 0.2) is 0 Å². The van der Waals surface area contributed by atoms with Gasteiger partial charge in [0, 0.05) is 43.2 Å². The van der Waals surface area contributed by atoms with Crippen LogP contribution in [0.5, 0.6) is 0 Å². The third-order valence-electron chi connectivity index (χ3n) is 6.60. The molecule has 0 bridgehead atoms. The number of hydrogen-bond donors (Lipinski definition) is 1. The van der Waals surface area contributed by atoms with E-state index < -0.39 is 11.0 Å². The monoisotopic (exact) mass is 522 g/mol. The zero-order valence-corrected chi connectivity index (χ0v) is 22.5. The second-order valence-corrected chi connectivity index (χ2v) is 12.5. The topological polar surface area (TPSA) is 85.7 Å². The molecule has 1 unspecified atom stereocenters. The first-order valence-corrected chi connectivity index (χ1v) is 13.4. The van der Waals surface area contributed by atoms with Gasteiger partial charge in [-0.3, -0.25) is 4.79 Å². The summed E-state index contributed by atoms with van der Waals surface area (Å²) in [5.41, 5.74) is -0.257. The van der Waals surface area contributed by atoms with Crippen molar-refractivity contribution in [3.63, 3.8) is 0 Å². The molecule has 0 spiro atoms. The second kappa shape index (κ2) is 10.5. The molecule has 35 heavy (non-hydrogen) atoms. The zero-order valence-electron chi connectivity index (χ0n) is 20.9. The van der Waals surface area contributed by atoms with Crippen LogP contribution in [0.2, 0.25) is 4.34 Å². The lowest BCUT2D eigenvalue weighted by Crippen LogP contribution is -2.42. The molecule has 0 aromatic carbocycles. The number of ether oxygens (including phenoxy) is 2. The molecule has 8 nitrogen and oxygen atoms in total. The number of aromatic nitrogens is 2. The number of nitrogens with one attached hydrogen (secondary N) is 1. The van der Waals surface area contributed by atoms with Gasteiger partial charge in [-0.25, -0.2) is 4.79 Å². The number of nitrogens with zero attached hydrogens (tertiary/aromatic N) is 3.